The summed E-state index contributed by atoms with van der Waals surface area (Å²) in [5, 5.41) is 9.00. The molecule has 0 aromatic heterocycles. The van der Waals surface area contributed by atoms with Crippen LogP contribution in [0.3, 0.4) is 0 Å². The highest BCUT2D eigenvalue weighted by atomic mass is 79.9. The first-order chi connectivity index (χ1) is 9.79. The monoisotopic (exact) mass is 370 g/mol. The van der Waals surface area contributed by atoms with E-state index in [1.807, 2.05) is 6.92 Å². The number of hydrogen-bond donors (Lipinski definition) is 1. The first-order valence-electron chi connectivity index (χ1n) is 5.83. The molecule has 0 unspecified atom stereocenters. The number of rotatable bonds is 4. The fourth-order valence-electron chi connectivity index (χ4n) is 1.60. The van der Waals surface area contributed by atoms with E-state index in [1.54, 1.807) is 12.1 Å². The molecule has 0 bridgehead atoms. The van der Waals surface area contributed by atoms with Crippen LogP contribution in [0.2, 0.25) is 0 Å². The molecular formula is C14H11BrO5S. The van der Waals surface area contributed by atoms with Gasteiger partial charge in [-0.3, -0.25) is 0 Å². The maximum Gasteiger partial charge on any atom is 0.339 e. The zero-order valence-corrected chi connectivity index (χ0v) is 13.3. The number of aryl methyl sites for hydroxylation is 1. The van der Waals surface area contributed by atoms with Gasteiger partial charge < -0.3 is 9.29 Å². The van der Waals surface area contributed by atoms with Gasteiger partial charge in [0.1, 0.15) is 10.6 Å². The highest BCUT2D eigenvalue weighted by Crippen LogP contribution is 2.25. The Morgan fingerprint density at radius 3 is 2.33 bits per heavy atom. The molecule has 0 radical (unpaired) electrons. The molecule has 7 heteroatoms. The van der Waals surface area contributed by atoms with Gasteiger partial charge in [-0.1, -0.05) is 17.7 Å². The standard InChI is InChI=1S/C14H11BrO5S/c1-9-2-5-11(6-3-9)21(18,19)20-10-4-7-13(15)12(8-10)14(16)17/h2-8H,1H3,(H,16,17). The number of halogens is 1. The van der Waals surface area contributed by atoms with E-state index in [4.69, 9.17) is 9.29 Å². The van der Waals surface area contributed by atoms with Crippen molar-refractivity contribution in [1.82, 2.24) is 0 Å². The topological polar surface area (TPSA) is 80.7 Å². The van der Waals surface area contributed by atoms with Crippen LogP contribution >= 0.6 is 15.9 Å². The minimum atomic E-state index is -3.99. The Morgan fingerprint density at radius 2 is 1.76 bits per heavy atom. The molecule has 0 aliphatic heterocycles. The van der Waals surface area contributed by atoms with Crippen LogP contribution in [-0.2, 0) is 10.1 Å². The summed E-state index contributed by atoms with van der Waals surface area (Å²) in [7, 11) is -3.99. The van der Waals surface area contributed by atoms with Crippen LogP contribution in [0, 0.1) is 6.92 Å². The predicted octanol–water partition coefficient (Wildman–Crippen LogP) is 3.22. The van der Waals surface area contributed by atoms with E-state index in [9.17, 15) is 13.2 Å². The van der Waals surface area contributed by atoms with Gasteiger partial charge in [-0.15, -0.1) is 0 Å². The van der Waals surface area contributed by atoms with Crippen LogP contribution in [-0.4, -0.2) is 19.5 Å². The van der Waals surface area contributed by atoms with E-state index in [2.05, 4.69) is 15.9 Å². The van der Waals surface area contributed by atoms with E-state index < -0.39 is 16.1 Å². The fraction of sp³-hybridized carbons (Fsp3) is 0.0714. The van der Waals surface area contributed by atoms with Gasteiger partial charge in [-0.25, -0.2) is 4.79 Å². The summed E-state index contributed by atoms with van der Waals surface area (Å²) in [6.45, 7) is 1.84. The first-order valence-corrected chi connectivity index (χ1v) is 8.04. The second-order valence-electron chi connectivity index (χ2n) is 4.30. The summed E-state index contributed by atoms with van der Waals surface area (Å²) in [6, 6.07) is 10.1. The van der Waals surface area contributed by atoms with Crippen LogP contribution < -0.4 is 4.18 Å². The molecule has 5 nitrogen and oxygen atoms in total. The lowest BCUT2D eigenvalue weighted by molar-refractivity contribution is 0.0695. The Bertz CT molecular complexity index is 782. The Balaban J connectivity index is 2.35. The third-order valence-electron chi connectivity index (χ3n) is 2.68. The van der Waals surface area contributed by atoms with Crippen molar-refractivity contribution in [1.29, 1.82) is 0 Å². The molecule has 2 aromatic carbocycles. The minimum absolute atomic E-state index is 0.00731. The van der Waals surface area contributed by atoms with Crippen molar-refractivity contribution in [2.75, 3.05) is 0 Å². The minimum Gasteiger partial charge on any atom is -0.478 e. The molecule has 0 atom stereocenters. The molecule has 0 amide bonds. The van der Waals surface area contributed by atoms with Gasteiger partial charge in [0, 0.05) is 4.47 Å². The quantitative estimate of drug-likeness (QED) is 0.835. The Hall–Kier alpha value is -1.86. The number of carboxylic acids is 1. The molecule has 0 heterocycles. The molecule has 0 saturated heterocycles. The van der Waals surface area contributed by atoms with Crippen molar-refractivity contribution in [2.24, 2.45) is 0 Å². The van der Waals surface area contributed by atoms with E-state index >= 15 is 0 Å². The first kappa shape index (κ1) is 15.5. The van der Waals surface area contributed by atoms with Crippen molar-refractivity contribution < 1.29 is 22.5 Å². The average Bonchev–Trinajstić information content (AvgIpc) is 2.41. The highest BCUT2D eigenvalue weighted by molar-refractivity contribution is 9.10. The van der Waals surface area contributed by atoms with Gasteiger partial charge in [-0.2, -0.15) is 8.42 Å². The van der Waals surface area contributed by atoms with E-state index in [-0.39, 0.29) is 16.2 Å². The summed E-state index contributed by atoms with van der Waals surface area (Å²) in [5.74, 6) is -1.24. The average molecular weight is 371 g/mol. The third-order valence-corrected chi connectivity index (χ3v) is 4.64. The summed E-state index contributed by atoms with van der Waals surface area (Å²) in [5.41, 5.74) is 0.845. The van der Waals surface area contributed by atoms with Gasteiger partial charge in [0.2, 0.25) is 0 Å². The molecule has 0 aliphatic rings. The molecular weight excluding hydrogens is 360 g/mol. The molecule has 0 saturated carbocycles. The number of hydrogen-bond acceptors (Lipinski definition) is 4. The lowest BCUT2D eigenvalue weighted by Crippen LogP contribution is -2.10. The summed E-state index contributed by atoms with van der Waals surface area (Å²) < 4.78 is 29.5. The summed E-state index contributed by atoms with van der Waals surface area (Å²) >= 11 is 3.08. The maximum absolute atomic E-state index is 12.1. The van der Waals surface area contributed by atoms with Gasteiger partial charge in [0.15, 0.2) is 0 Å². The number of benzene rings is 2. The molecule has 110 valence electrons. The number of carboxylic acid groups (broad SMARTS) is 1. The molecule has 0 spiro atoms. The van der Waals surface area contributed by atoms with Gasteiger partial charge in [-0.05, 0) is 53.2 Å². The molecule has 2 rings (SSSR count). The second kappa shape index (κ2) is 5.87. The third kappa shape index (κ3) is 3.62. The molecule has 21 heavy (non-hydrogen) atoms. The summed E-state index contributed by atoms with van der Waals surface area (Å²) in [6.07, 6.45) is 0. The molecule has 0 fully saturated rings. The smallest absolute Gasteiger partial charge is 0.339 e. The maximum atomic E-state index is 12.1. The lowest BCUT2D eigenvalue weighted by atomic mass is 10.2. The van der Waals surface area contributed by atoms with Crippen molar-refractivity contribution in [3.8, 4) is 5.75 Å². The van der Waals surface area contributed by atoms with Crippen LogP contribution in [0.25, 0.3) is 0 Å². The van der Waals surface area contributed by atoms with Crippen LogP contribution in [0.4, 0.5) is 0 Å². The van der Waals surface area contributed by atoms with Crippen molar-refractivity contribution in [3.63, 3.8) is 0 Å². The molecule has 1 N–H and O–H groups in total. The Labute approximate surface area is 130 Å². The van der Waals surface area contributed by atoms with Crippen LogP contribution in [0.5, 0.6) is 5.75 Å². The van der Waals surface area contributed by atoms with Crippen molar-refractivity contribution in [3.05, 3.63) is 58.1 Å². The van der Waals surface area contributed by atoms with Gasteiger partial charge >= 0.3 is 16.1 Å². The van der Waals surface area contributed by atoms with E-state index in [1.165, 1.54) is 24.3 Å². The Morgan fingerprint density at radius 1 is 1.14 bits per heavy atom. The summed E-state index contributed by atoms with van der Waals surface area (Å²) in [4.78, 5) is 11.0. The van der Waals surface area contributed by atoms with Gasteiger partial charge in [0.25, 0.3) is 0 Å². The number of carbonyl (C=O) groups is 1. The SMILES string of the molecule is Cc1ccc(S(=O)(=O)Oc2ccc(Br)c(C(=O)O)c2)cc1. The van der Waals surface area contributed by atoms with E-state index in [0.29, 0.717) is 4.47 Å². The highest BCUT2D eigenvalue weighted by Gasteiger charge is 2.18. The largest absolute Gasteiger partial charge is 0.478 e. The fourth-order valence-corrected chi connectivity index (χ4v) is 2.94. The predicted molar refractivity (Wildman–Crippen MR) is 80.1 cm³/mol. The molecule has 0 aliphatic carbocycles. The normalized spacial score (nSPS) is 11.1. The zero-order chi connectivity index (χ0) is 15.6. The Kier molecular flexibility index (Phi) is 4.34. The second-order valence-corrected chi connectivity index (χ2v) is 6.70. The number of aromatic carboxylic acids is 1. The van der Waals surface area contributed by atoms with Crippen LogP contribution in [0.15, 0.2) is 51.8 Å². The van der Waals surface area contributed by atoms with Crippen molar-refractivity contribution in [2.45, 2.75) is 11.8 Å². The van der Waals surface area contributed by atoms with Gasteiger partial charge in [0.05, 0.1) is 5.56 Å². The van der Waals surface area contributed by atoms with Crippen molar-refractivity contribution >= 4 is 32.0 Å². The zero-order valence-electron chi connectivity index (χ0n) is 10.9. The van der Waals surface area contributed by atoms with E-state index in [0.717, 1.165) is 11.6 Å². The van der Waals surface area contributed by atoms with Crippen LogP contribution in [0.1, 0.15) is 15.9 Å². The lowest BCUT2D eigenvalue weighted by Gasteiger charge is -2.08. The molecule has 2 aromatic rings.